The third-order valence-electron chi connectivity index (χ3n) is 3.15. The van der Waals surface area contributed by atoms with Gasteiger partial charge in [-0.05, 0) is 6.92 Å². The summed E-state index contributed by atoms with van der Waals surface area (Å²) in [7, 11) is 4.17. The normalized spacial score (nSPS) is 10.9. The minimum absolute atomic E-state index is 0.149. The van der Waals surface area contributed by atoms with Crippen LogP contribution in [0.5, 0.6) is 0 Å². The van der Waals surface area contributed by atoms with E-state index in [0.29, 0.717) is 16.7 Å². The molecule has 0 aliphatic heterocycles. The molecular weight excluding hydrogens is 346 g/mol. The number of quaternary nitrogens is 1. The number of hydrogen-bond acceptors (Lipinski definition) is 6. The van der Waals surface area contributed by atoms with Gasteiger partial charge < -0.3 is 15.5 Å². The summed E-state index contributed by atoms with van der Waals surface area (Å²) in [5.41, 5.74) is 1.50. The number of aryl methyl sites for hydroxylation is 1. The molecule has 0 atom stereocenters. The number of nitrogens with one attached hydrogen (secondary N) is 3. The van der Waals surface area contributed by atoms with Crippen LogP contribution in [-0.2, 0) is 4.79 Å². The van der Waals surface area contributed by atoms with Crippen LogP contribution in [0, 0.1) is 6.92 Å². The lowest BCUT2D eigenvalue weighted by Crippen LogP contribution is -3.05. The Kier molecular flexibility index (Phi) is 6.41. The molecule has 2 aromatic heterocycles. The van der Waals surface area contributed by atoms with Crippen LogP contribution in [0.25, 0.3) is 10.6 Å². The van der Waals surface area contributed by atoms with Gasteiger partial charge in [0, 0.05) is 25.3 Å². The summed E-state index contributed by atoms with van der Waals surface area (Å²) < 4.78 is 0. The highest BCUT2D eigenvalue weighted by Crippen LogP contribution is 2.33. The van der Waals surface area contributed by atoms with E-state index in [1.54, 1.807) is 0 Å². The lowest BCUT2D eigenvalue weighted by molar-refractivity contribution is -0.858. The number of nitrogens with zero attached hydrogens (tertiary/aromatic N) is 2. The van der Waals surface area contributed by atoms with Crippen molar-refractivity contribution in [2.45, 2.75) is 20.3 Å². The van der Waals surface area contributed by atoms with Crippen LogP contribution in [0.2, 0.25) is 0 Å². The van der Waals surface area contributed by atoms with E-state index in [-0.39, 0.29) is 11.8 Å². The zero-order valence-electron chi connectivity index (χ0n) is 14.2. The number of thiazole rings is 2. The second-order valence-corrected chi connectivity index (χ2v) is 7.58. The number of carbonyl (C=O) groups is 2. The van der Waals surface area contributed by atoms with Crippen LogP contribution in [0.15, 0.2) is 5.38 Å². The van der Waals surface area contributed by atoms with Crippen molar-refractivity contribution >= 4 is 39.6 Å². The van der Waals surface area contributed by atoms with Gasteiger partial charge in [-0.2, -0.15) is 0 Å². The van der Waals surface area contributed by atoms with Crippen molar-refractivity contribution in [3.63, 3.8) is 0 Å². The van der Waals surface area contributed by atoms with Gasteiger partial charge in [0.15, 0.2) is 10.1 Å². The van der Waals surface area contributed by atoms with E-state index >= 15 is 0 Å². The molecule has 9 heteroatoms. The second kappa shape index (κ2) is 8.32. The molecule has 0 aliphatic rings. The number of amides is 2. The smallest absolute Gasteiger partial charge is 0.280 e. The first-order valence-electron chi connectivity index (χ1n) is 7.65. The molecule has 3 N–H and O–H groups in total. The van der Waals surface area contributed by atoms with Crippen LogP contribution in [0.1, 0.15) is 28.8 Å². The Balaban J connectivity index is 2.01. The van der Waals surface area contributed by atoms with E-state index < -0.39 is 0 Å². The molecule has 0 bridgehead atoms. The summed E-state index contributed by atoms with van der Waals surface area (Å²) in [6.07, 6.45) is 0.931. The highest BCUT2D eigenvalue weighted by Gasteiger charge is 2.16. The molecule has 7 nitrogen and oxygen atoms in total. The van der Waals surface area contributed by atoms with Gasteiger partial charge in [0.1, 0.15) is 0 Å². The maximum absolute atomic E-state index is 12.1. The molecule has 0 saturated heterocycles. The largest absolute Gasteiger partial charge is 0.350 e. The minimum Gasteiger partial charge on any atom is -0.350 e. The van der Waals surface area contributed by atoms with E-state index in [2.05, 4.69) is 34.7 Å². The average molecular weight is 369 g/mol. The summed E-state index contributed by atoms with van der Waals surface area (Å²) in [5, 5.41) is 8.39. The van der Waals surface area contributed by atoms with Gasteiger partial charge in [0.2, 0.25) is 5.91 Å². The lowest BCUT2D eigenvalue weighted by Gasteiger charge is -2.06. The summed E-state index contributed by atoms with van der Waals surface area (Å²) in [6, 6.07) is 0. The molecular formula is C15H22N5O2S2+. The van der Waals surface area contributed by atoms with E-state index in [4.69, 9.17) is 0 Å². The Morgan fingerprint density at radius 2 is 2.04 bits per heavy atom. The van der Waals surface area contributed by atoms with E-state index in [1.165, 1.54) is 34.5 Å². The molecule has 24 heavy (non-hydrogen) atoms. The van der Waals surface area contributed by atoms with E-state index in [9.17, 15) is 9.59 Å². The van der Waals surface area contributed by atoms with Gasteiger partial charge in [0.25, 0.3) is 5.91 Å². The Bertz CT molecular complexity index is 723. The maximum atomic E-state index is 12.1. The molecule has 0 fully saturated rings. The monoisotopic (exact) mass is 368 g/mol. The molecule has 2 amide bonds. The molecule has 2 heterocycles. The second-order valence-electron chi connectivity index (χ2n) is 5.72. The predicted octanol–water partition coefficient (Wildman–Crippen LogP) is 0.798. The van der Waals surface area contributed by atoms with Gasteiger partial charge in [-0.3, -0.25) is 9.59 Å². The van der Waals surface area contributed by atoms with Crippen LogP contribution >= 0.6 is 22.7 Å². The van der Waals surface area contributed by atoms with Crippen molar-refractivity contribution in [2.24, 2.45) is 0 Å². The first-order valence-corrected chi connectivity index (χ1v) is 9.34. The van der Waals surface area contributed by atoms with Gasteiger partial charge in [-0.1, -0.05) is 11.3 Å². The Hall–Kier alpha value is -1.84. The molecule has 0 unspecified atom stereocenters. The van der Waals surface area contributed by atoms with Gasteiger partial charge in [-0.15, -0.1) is 11.3 Å². The highest BCUT2D eigenvalue weighted by molar-refractivity contribution is 7.19. The Morgan fingerprint density at radius 1 is 1.29 bits per heavy atom. The van der Waals surface area contributed by atoms with Gasteiger partial charge in [-0.25, -0.2) is 9.97 Å². The fraction of sp³-hybridized carbons (Fsp3) is 0.467. The lowest BCUT2D eigenvalue weighted by atomic mass is 10.3. The summed E-state index contributed by atoms with van der Waals surface area (Å²) in [4.78, 5) is 34.2. The summed E-state index contributed by atoms with van der Waals surface area (Å²) in [6.45, 7) is 4.96. The van der Waals surface area contributed by atoms with Crippen LogP contribution in [0.4, 0.5) is 5.13 Å². The summed E-state index contributed by atoms with van der Waals surface area (Å²) >= 11 is 2.67. The van der Waals surface area contributed by atoms with E-state index in [0.717, 1.165) is 29.2 Å². The number of carbonyl (C=O) groups excluding carboxylic acids is 2. The van der Waals surface area contributed by atoms with Gasteiger partial charge >= 0.3 is 0 Å². The quantitative estimate of drug-likeness (QED) is 0.631. The molecule has 2 aromatic rings. The zero-order chi connectivity index (χ0) is 17.7. The van der Waals surface area contributed by atoms with Crippen molar-refractivity contribution in [1.82, 2.24) is 15.3 Å². The van der Waals surface area contributed by atoms with Crippen LogP contribution in [0.3, 0.4) is 0 Å². The number of aromatic nitrogens is 2. The molecule has 130 valence electrons. The number of rotatable bonds is 7. The predicted molar refractivity (Wildman–Crippen MR) is 96.9 cm³/mol. The van der Waals surface area contributed by atoms with Gasteiger partial charge in [0.05, 0.1) is 36.9 Å². The van der Waals surface area contributed by atoms with E-state index in [1.807, 2.05) is 12.3 Å². The summed E-state index contributed by atoms with van der Waals surface area (Å²) in [5.74, 6) is -0.308. The van der Waals surface area contributed by atoms with Crippen LogP contribution < -0.4 is 15.5 Å². The fourth-order valence-electron chi connectivity index (χ4n) is 2.04. The minimum atomic E-state index is -0.159. The fourth-order valence-corrected chi connectivity index (χ4v) is 3.81. The van der Waals surface area contributed by atoms with Crippen molar-refractivity contribution in [3.8, 4) is 10.6 Å². The molecule has 0 radical (unpaired) electrons. The van der Waals surface area contributed by atoms with Crippen molar-refractivity contribution in [1.29, 1.82) is 0 Å². The van der Waals surface area contributed by atoms with Crippen molar-refractivity contribution in [3.05, 3.63) is 16.1 Å². The molecule has 0 saturated carbocycles. The SMILES string of the molecule is CC(=O)Nc1nc(C)c(-c2csc(C(=O)NCCC[NH+](C)C)n2)s1. The average Bonchev–Trinajstić information content (AvgIpc) is 3.09. The van der Waals surface area contributed by atoms with Crippen LogP contribution in [-0.4, -0.2) is 49.0 Å². The topological polar surface area (TPSA) is 88.4 Å². The zero-order valence-corrected chi connectivity index (χ0v) is 15.9. The molecule has 0 spiro atoms. The molecule has 0 aromatic carbocycles. The Labute approximate surface area is 149 Å². The number of hydrogen-bond donors (Lipinski definition) is 3. The van der Waals surface area contributed by atoms with Crippen molar-refractivity contribution in [2.75, 3.05) is 32.5 Å². The Morgan fingerprint density at radius 3 is 2.71 bits per heavy atom. The molecule has 0 aliphatic carbocycles. The third kappa shape index (κ3) is 5.08. The standard InChI is InChI=1S/C15H21N5O2S2/c1-9-12(24-15(17-9)18-10(2)21)11-8-23-14(19-11)13(22)16-6-5-7-20(3)4/h8H,5-7H2,1-4H3,(H,16,22)(H,17,18,21)/p+1. The van der Waals surface area contributed by atoms with Crippen molar-refractivity contribution < 1.29 is 14.5 Å². The highest BCUT2D eigenvalue weighted by atomic mass is 32.1. The molecule has 2 rings (SSSR count). The number of anilines is 1. The first-order chi connectivity index (χ1) is 11.4. The maximum Gasteiger partial charge on any atom is 0.280 e. The first kappa shape index (κ1) is 18.5. The third-order valence-corrected chi connectivity index (χ3v) is 5.09.